The zero-order chi connectivity index (χ0) is 33.8. The highest BCUT2D eigenvalue weighted by atomic mass is 32.2. The number of carbonyl (C=O) groups excluding carboxylic acids is 1. The summed E-state index contributed by atoms with van der Waals surface area (Å²) in [4.78, 5) is 29.2. The molecule has 14 heteroatoms. The zero-order valence-corrected chi connectivity index (χ0v) is 28.2. The normalized spacial score (nSPS) is 26.3. The van der Waals surface area contributed by atoms with E-state index in [1.165, 1.54) is 5.56 Å². The van der Waals surface area contributed by atoms with Crippen LogP contribution in [0.3, 0.4) is 0 Å². The number of thioether (sulfide) groups is 1. The number of morpholine rings is 1. The topological polar surface area (TPSA) is 122 Å². The molecule has 6 aliphatic rings. The van der Waals surface area contributed by atoms with E-state index in [9.17, 15) is 13.6 Å². The van der Waals surface area contributed by atoms with Gasteiger partial charge in [-0.1, -0.05) is 18.2 Å². The molecular weight excluding hydrogens is 642 g/mol. The van der Waals surface area contributed by atoms with Crippen molar-refractivity contribution in [3.8, 4) is 5.75 Å². The number of amides is 1. The molecule has 7 heterocycles. The Labute approximate surface area is 283 Å². The summed E-state index contributed by atoms with van der Waals surface area (Å²) in [7, 11) is 1.00. The molecule has 4 unspecified atom stereocenters. The van der Waals surface area contributed by atoms with Gasteiger partial charge in [0, 0.05) is 45.4 Å². The summed E-state index contributed by atoms with van der Waals surface area (Å²) < 4.78 is 43.5. The summed E-state index contributed by atoms with van der Waals surface area (Å²) in [5.41, 5.74) is 2.25. The number of aliphatic hydroxyl groups is 1. The van der Waals surface area contributed by atoms with Gasteiger partial charge in [0.05, 0.1) is 48.2 Å². The van der Waals surface area contributed by atoms with Crippen molar-refractivity contribution < 1.29 is 32.9 Å². The second-order valence-electron chi connectivity index (χ2n) is 12.3. The van der Waals surface area contributed by atoms with E-state index in [0.717, 1.165) is 50.3 Å². The van der Waals surface area contributed by atoms with E-state index >= 15 is 0 Å². The number of nitrogens with one attached hydrogen (secondary N) is 1. The number of hydrogen-bond donors (Lipinski definition) is 2. The fourth-order valence-corrected chi connectivity index (χ4v) is 7.28. The maximum Gasteiger partial charge on any atom is 0.297 e. The molecule has 48 heavy (non-hydrogen) atoms. The molecule has 11 nitrogen and oxygen atoms in total. The third-order valence-electron chi connectivity index (χ3n) is 9.57. The smallest absolute Gasteiger partial charge is 0.297 e. The summed E-state index contributed by atoms with van der Waals surface area (Å²) >= 11 is 1.63. The van der Waals surface area contributed by atoms with Gasteiger partial charge in [-0.05, 0) is 55.9 Å². The van der Waals surface area contributed by atoms with Gasteiger partial charge in [0.25, 0.3) is 12.3 Å². The third-order valence-corrected chi connectivity index (χ3v) is 10.2. The van der Waals surface area contributed by atoms with Gasteiger partial charge in [0.1, 0.15) is 11.7 Å². The number of carbonyl (C=O) groups is 1. The Kier molecular flexibility index (Phi) is 10.6. The van der Waals surface area contributed by atoms with Crippen LogP contribution >= 0.6 is 11.8 Å². The minimum Gasteiger partial charge on any atom is -0.479 e. The molecule has 1 spiro atoms. The lowest BCUT2D eigenvalue weighted by atomic mass is 9.88. The van der Waals surface area contributed by atoms with Crippen molar-refractivity contribution in [1.29, 1.82) is 0 Å². The first-order chi connectivity index (χ1) is 23.4. The molecule has 0 saturated carbocycles. The van der Waals surface area contributed by atoms with E-state index < -0.39 is 12.2 Å². The number of aromatic nitrogens is 3. The minimum absolute atomic E-state index is 0.000428. The largest absolute Gasteiger partial charge is 0.479 e. The van der Waals surface area contributed by atoms with E-state index in [1.807, 2.05) is 47.7 Å². The van der Waals surface area contributed by atoms with Crippen molar-refractivity contribution in [1.82, 2.24) is 25.2 Å². The first-order valence-corrected chi connectivity index (χ1v) is 17.5. The van der Waals surface area contributed by atoms with Crippen molar-refractivity contribution in [3.63, 3.8) is 0 Å². The van der Waals surface area contributed by atoms with Crippen LogP contribution in [0.15, 0.2) is 59.4 Å². The van der Waals surface area contributed by atoms with E-state index in [1.54, 1.807) is 11.8 Å². The summed E-state index contributed by atoms with van der Waals surface area (Å²) in [5.74, 6) is 0.774. The first-order valence-electron chi connectivity index (χ1n) is 16.3. The van der Waals surface area contributed by atoms with Gasteiger partial charge in [-0.2, -0.15) is 0 Å². The minimum atomic E-state index is -2.67. The SMILES string of the molecule is CO.CSc1cc(C2C=C(N3CCOC4(COC4)C3C)C(=O)NC2)ccn1.FC(F)c1nc2c(c(N3CCCC3)n1)OC1C=CC=CC21. The number of halogens is 2. The number of rotatable bonds is 5. The van der Waals surface area contributed by atoms with E-state index in [4.69, 9.17) is 19.3 Å². The Morgan fingerprint density at radius 3 is 2.60 bits per heavy atom. The molecule has 4 atom stereocenters. The number of ether oxygens (including phenoxy) is 3. The summed E-state index contributed by atoms with van der Waals surface area (Å²) in [5, 5.41) is 11.0. The highest BCUT2D eigenvalue weighted by Gasteiger charge is 2.51. The predicted octanol–water partition coefficient (Wildman–Crippen LogP) is 3.98. The van der Waals surface area contributed by atoms with Crippen LogP contribution in [-0.2, 0) is 14.3 Å². The summed E-state index contributed by atoms with van der Waals surface area (Å²) in [6.45, 7) is 6.95. The second kappa shape index (κ2) is 14.9. The molecule has 2 N–H and O–H groups in total. The number of aliphatic hydroxyl groups excluding tert-OH is 1. The molecule has 1 amide bonds. The van der Waals surface area contributed by atoms with Crippen molar-refractivity contribution >= 4 is 23.5 Å². The molecule has 3 saturated heterocycles. The molecule has 0 bridgehead atoms. The van der Waals surface area contributed by atoms with Crippen molar-refractivity contribution in [2.75, 3.05) is 64.3 Å². The van der Waals surface area contributed by atoms with Crippen LogP contribution in [0, 0.1) is 0 Å². The van der Waals surface area contributed by atoms with E-state index in [-0.39, 0.29) is 35.5 Å². The van der Waals surface area contributed by atoms with Crippen molar-refractivity contribution in [2.45, 2.75) is 60.8 Å². The Balaban J connectivity index is 0.000000161. The Bertz CT molecular complexity index is 1560. The lowest BCUT2D eigenvalue weighted by Crippen LogP contribution is -2.68. The van der Waals surface area contributed by atoms with Crippen LogP contribution in [0.2, 0.25) is 0 Å². The van der Waals surface area contributed by atoms with E-state index in [2.05, 4.69) is 44.2 Å². The van der Waals surface area contributed by atoms with E-state index in [0.29, 0.717) is 43.6 Å². The standard InChI is InChI=1S/C18H23N3O3S.C15H15F2N3O.CH4O/c1-12-18(10-23-11-18)24-6-5-21(12)15-7-14(9-20-17(15)22)13-3-4-19-16(8-13)25-2;16-13(17)14-18-11-9-5-1-2-6-10(9)21-12(11)15(19-14)20-7-3-4-8-20;1-2/h3-4,7-8,12,14H,5-6,9-11H2,1-2H3,(H,20,22);1-2,5-6,9-10,13H,3-4,7-8H2;2H,1H3. The average Bonchev–Trinajstić information content (AvgIpc) is 3.78. The molecule has 8 rings (SSSR count). The van der Waals surface area contributed by atoms with Gasteiger partial charge in [0.2, 0.25) is 0 Å². The molecule has 2 aromatic heterocycles. The van der Waals surface area contributed by atoms with Gasteiger partial charge in [0.15, 0.2) is 17.4 Å². The quantitative estimate of drug-likeness (QED) is 0.445. The number of nitrogens with zero attached hydrogens (tertiary/aromatic N) is 5. The average molecular weight is 685 g/mol. The Morgan fingerprint density at radius 1 is 1.12 bits per heavy atom. The molecule has 3 fully saturated rings. The number of alkyl halides is 2. The monoisotopic (exact) mass is 684 g/mol. The van der Waals surface area contributed by atoms with Crippen LogP contribution in [0.1, 0.15) is 55.1 Å². The molecular formula is C34H42F2N6O5S. The van der Waals surface area contributed by atoms with Crippen LogP contribution in [-0.4, -0.2) is 108 Å². The van der Waals surface area contributed by atoms with Gasteiger partial charge in [-0.3, -0.25) is 4.79 Å². The van der Waals surface area contributed by atoms with Crippen LogP contribution in [0.4, 0.5) is 14.6 Å². The maximum absolute atomic E-state index is 13.1. The molecule has 1 aliphatic carbocycles. The van der Waals surface area contributed by atoms with Gasteiger partial charge >= 0.3 is 0 Å². The second-order valence-corrected chi connectivity index (χ2v) is 13.1. The number of hydrogen-bond acceptors (Lipinski definition) is 11. The number of anilines is 1. The van der Waals surface area contributed by atoms with Crippen LogP contribution in [0.25, 0.3) is 0 Å². The Hall–Kier alpha value is -3.59. The predicted molar refractivity (Wildman–Crippen MR) is 178 cm³/mol. The summed E-state index contributed by atoms with van der Waals surface area (Å²) in [6.07, 6.45) is 12.9. The van der Waals surface area contributed by atoms with Crippen LogP contribution < -0.4 is 15.0 Å². The molecule has 258 valence electrons. The molecule has 5 aliphatic heterocycles. The molecule has 2 aromatic rings. The first kappa shape index (κ1) is 34.3. The number of pyridine rings is 1. The fraction of sp³-hybridized carbons (Fsp3) is 0.529. The molecule has 0 radical (unpaired) electrons. The van der Waals surface area contributed by atoms with Gasteiger partial charge < -0.3 is 34.4 Å². The maximum atomic E-state index is 13.1. The lowest BCUT2D eigenvalue weighted by Gasteiger charge is -2.53. The van der Waals surface area contributed by atoms with Crippen LogP contribution in [0.5, 0.6) is 5.75 Å². The number of allylic oxidation sites excluding steroid dienone is 2. The molecule has 0 aromatic carbocycles. The lowest BCUT2D eigenvalue weighted by molar-refractivity contribution is -0.255. The fourth-order valence-electron chi connectivity index (χ4n) is 6.86. The van der Waals surface area contributed by atoms with Crippen molar-refractivity contribution in [3.05, 3.63) is 71.5 Å². The highest BCUT2D eigenvalue weighted by molar-refractivity contribution is 7.98. The highest BCUT2D eigenvalue weighted by Crippen LogP contribution is 2.46. The van der Waals surface area contributed by atoms with Crippen molar-refractivity contribution in [2.24, 2.45) is 0 Å². The van der Waals surface area contributed by atoms with Gasteiger partial charge in [-0.25, -0.2) is 23.7 Å². The summed E-state index contributed by atoms with van der Waals surface area (Å²) in [6, 6.07) is 4.25. The van der Waals surface area contributed by atoms with Gasteiger partial charge in [-0.15, -0.1) is 11.8 Å². The third kappa shape index (κ3) is 6.67. The zero-order valence-electron chi connectivity index (χ0n) is 27.3. The Morgan fingerprint density at radius 2 is 1.90 bits per heavy atom. The number of fused-ring (bicyclic) bond motifs is 3.